The number of alkyl halides is 3. The molecule has 25 heavy (non-hydrogen) atoms. The number of amides is 1. The molecule has 9 heteroatoms. The van der Waals surface area contributed by atoms with Crippen LogP contribution in [0.15, 0.2) is 36.4 Å². The van der Waals surface area contributed by atoms with Gasteiger partial charge < -0.3 is 10.0 Å². The molecule has 132 valence electrons. The molecule has 1 aliphatic rings. The fraction of sp³-hybridized carbons (Fsp3) is 0.312. The highest BCUT2D eigenvalue weighted by Gasteiger charge is 2.53. The average molecular weight is 353 g/mol. The molecule has 1 aromatic heterocycles. The van der Waals surface area contributed by atoms with E-state index in [2.05, 4.69) is 10.2 Å². The minimum absolute atomic E-state index is 0.0193. The smallest absolute Gasteiger partial charge is 0.394 e. The molecule has 2 atom stereocenters. The lowest BCUT2D eigenvalue weighted by Crippen LogP contribution is -2.34. The van der Waals surface area contributed by atoms with E-state index in [-0.39, 0.29) is 5.69 Å². The molecule has 0 aliphatic carbocycles. The summed E-state index contributed by atoms with van der Waals surface area (Å²) in [5.41, 5.74) is 1.24. The van der Waals surface area contributed by atoms with Crippen molar-refractivity contribution in [2.75, 3.05) is 13.1 Å². The zero-order valence-electron chi connectivity index (χ0n) is 12.8. The van der Waals surface area contributed by atoms with Crippen molar-refractivity contribution in [1.82, 2.24) is 15.1 Å². The van der Waals surface area contributed by atoms with Crippen molar-refractivity contribution >= 4 is 11.9 Å². The molecule has 2 aromatic rings. The topological polar surface area (TPSA) is 86.3 Å². The summed E-state index contributed by atoms with van der Waals surface area (Å²) >= 11 is 0. The molecule has 1 aromatic carbocycles. The Balaban J connectivity index is 1.80. The Morgan fingerprint density at radius 3 is 2.44 bits per heavy atom. The molecular weight excluding hydrogens is 339 g/mol. The van der Waals surface area contributed by atoms with Gasteiger partial charge in [-0.15, -0.1) is 0 Å². The Labute approximate surface area is 140 Å². The number of H-pyrrole nitrogens is 1. The van der Waals surface area contributed by atoms with Crippen molar-refractivity contribution in [2.45, 2.75) is 6.18 Å². The van der Waals surface area contributed by atoms with E-state index >= 15 is 0 Å². The van der Waals surface area contributed by atoms with Gasteiger partial charge in [0, 0.05) is 18.7 Å². The van der Waals surface area contributed by atoms with E-state index in [1.165, 1.54) is 6.07 Å². The quantitative estimate of drug-likeness (QED) is 0.887. The molecular formula is C16H14F3N3O3. The number of hydrogen-bond donors (Lipinski definition) is 2. The van der Waals surface area contributed by atoms with Crippen LogP contribution in [0.1, 0.15) is 10.5 Å². The minimum atomic E-state index is -4.68. The summed E-state index contributed by atoms with van der Waals surface area (Å²) in [6, 6.07) is 10.4. The molecule has 1 saturated heterocycles. The lowest BCUT2D eigenvalue weighted by atomic mass is 9.96. The zero-order chi connectivity index (χ0) is 18.2. The maximum absolute atomic E-state index is 13.0. The first-order valence-corrected chi connectivity index (χ1v) is 7.47. The highest BCUT2D eigenvalue weighted by molar-refractivity contribution is 5.94. The van der Waals surface area contributed by atoms with Crippen LogP contribution in [0.25, 0.3) is 11.3 Å². The van der Waals surface area contributed by atoms with Gasteiger partial charge in [-0.3, -0.25) is 14.7 Å². The number of rotatable bonds is 3. The molecule has 3 rings (SSSR count). The van der Waals surface area contributed by atoms with Gasteiger partial charge in [0.05, 0.1) is 17.5 Å². The van der Waals surface area contributed by atoms with Crippen molar-refractivity contribution in [2.24, 2.45) is 11.8 Å². The standard InChI is InChI=1S/C16H14F3N3O3/c17-16(18,19)11-8-22(7-10(11)15(24)25)14(23)13-6-12(20-21-13)9-4-2-1-3-5-9/h1-6,10-11H,7-8H2,(H,20,21)(H,24,25)/t10-,11-/m1/s1. The van der Waals surface area contributed by atoms with Gasteiger partial charge in [0.15, 0.2) is 0 Å². The lowest BCUT2D eigenvalue weighted by molar-refractivity contribution is -0.187. The number of benzene rings is 1. The van der Waals surface area contributed by atoms with Gasteiger partial charge in [-0.2, -0.15) is 18.3 Å². The van der Waals surface area contributed by atoms with Gasteiger partial charge in [0.25, 0.3) is 5.91 Å². The van der Waals surface area contributed by atoms with Crippen LogP contribution in [-0.2, 0) is 4.79 Å². The van der Waals surface area contributed by atoms with Crippen LogP contribution in [0.3, 0.4) is 0 Å². The number of nitrogens with zero attached hydrogens (tertiary/aromatic N) is 2. The Bertz CT molecular complexity index is 789. The van der Waals surface area contributed by atoms with E-state index in [4.69, 9.17) is 5.11 Å². The van der Waals surface area contributed by atoms with Crippen molar-refractivity contribution in [3.63, 3.8) is 0 Å². The van der Waals surface area contributed by atoms with Crippen molar-refractivity contribution in [1.29, 1.82) is 0 Å². The van der Waals surface area contributed by atoms with E-state index < -0.39 is 43.0 Å². The number of aliphatic carboxylic acids is 1. The number of carboxylic acid groups (broad SMARTS) is 1. The monoisotopic (exact) mass is 353 g/mol. The third-order valence-electron chi connectivity index (χ3n) is 4.22. The molecule has 0 bridgehead atoms. The summed E-state index contributed by atoms with van der Waals surface area (Å²) in [5.74, 6) is -6.01. The molecule has 2 heterocycles. The highest BCUT2D eigenvalue weighted by Crippen LogP contribution is 2.38. The fourth-order valence-corrected chi connectivity index (χ4v) is 2.91. The average Bonchev–Trinajstić information content (AvgIpc) is 3.22. The molecule has 1 amide bonds. The first-order valence-electron chi connectivity index (χ1n) is 7.47. The van der Waals surface area contributed by atoms with Crippen LogP contribution >= 0.6 is 0 Å². The van der Waals surface area contributed by atoms with Crippen molar-refractivity contribution in [3.05, 3.63) is 42.1 Å². The Kier molecular flexibility index (Phi) is 4.23. The number of halogens is 3. The van der Waals surface area contributed by atoms with Gasteiger partial charge in [-0.25, -0.2) is 0 Å². The van der Waals surface area contributed by atoms with Crippen LogP contribution < -0.4 is 0 Å². The molecule has 0 saturated carbocycles. The van der Waals surface area contributed by atoms with Crippen LogP contribution in [0.5, 0.6) is 0 Å². The first kappa shape index (κ1) is 17.0. The fourth-order valence-electron chi connectivity index (χ4n) is 2.91. The molecule has 0 spiro atoms. The number of hydrogen-bond acceptors (Lipinski definition) is 3. The predicted octanol–water partition coefficient (Wildman–Crippen LogP) is 2.41. The number of carbonyl (C=O) groups excluding carboxylic acids is 1. The van der Waals surface area contributed by atoms with Gasteiger partial charge in [0.2, 0.25) is 0 Å². The van der Waals surface area contributed by atoms with Gasteiger partial charge in [0.1, 0.15) is 5.69 Å². The number of carboxylic acids is 1. The van der Waals surface area contributed by atoms with Crippen molar-refractivity contribution in [3.8, 4) is 11.3 Å². The normalized spacial score (nSPS) is 20.7. The summed E-state index contributed by atoms with van der Waals surface area (Å²) in [5, 5.41) is 15.5. The second kappa shape index (κ2) is 6.23. The van der Waals surface area contributed by atoms with E-state index in [1.807, 2.05) is 6.07 Å². The van der Waals surface area contributed by atoms with Crippen molar-refractivity contribution < 1.29 is 27.9 Å². The molecule has 1 fully saturated rings. The van der Waals surface area contributed by atoms with E-state index in [0.717, 1.165) is 10.5 Å². The third-order valence-corrected chi connectivity index (χ3v) is 4.22. The van der Waals surface area contributed by atoms with Crippen LogP contribution in [-0.4, -0.2) is 51.3 Å². The largest absolute Gasteiger partial charge is 0.481 e. The summed E-state index contributed by atoms with van der Waals surface area (Å²) < 4.78 is 39.0. The maximum Gasteiger partial charge on any atom is 0.394 e. The number of aromatic nitrogens is 2. The molecule has 0 radical (unpaired) electrons. The van der Waals surface area contributed by atoms with E-state index in [9.17, 15) is 22.8 Å². The Morgan fingerprint density at radius 1 is 1.20 bits per heavy atom. The number of likely N-dealkylation sites (tertiary alicyclic amines) is 1. The molecule has 0 unspecified atom stereocenters. The summed E-state index contributed by atoms with van der Waals surface area (Å²) in [7, 11) is 0. The van der Waals surface area contributed by atoms with Crippen LogP contribution in [0.2, 0.25) is 0 Å². The highest BCUT2D eigenvalue weighted by atomic mass is 19.4. The molecule has 1 aliphatic heterocycles. The number of aromatic amines is 1. The Morgan fingerprint density at radius 2 is 1.88 bits per heavy atom. The summed E-state index contributed by atoms with van der Waals surface area (Å²) in [6.07, 6.45) is -4.68. The van der Waals surface area contributed by atoms with Gasteiger partial charge >= 0.3 is 12.1 Å². The summed E-state index contributed by atoms with van der Waals surface area (Å²) in [4.78, 5) is 24.4. The first-order chi connectivity index (χ1) is 11.8. The van der Waals surface area contributed by atoms with Crippen LogP contribution in [0.4, 0.5) is 13.2 Å². The predicted molar refractivity (Wildman–Crippen MR) is 80.6 cm³/mol. The third kappa shape index (κ3) is 3.35. The van der Waals surface area contributed by atoms with E-state index in [0.29, 0.717) is 5.69 Å². The zero-order valence-corrected chi connectivity index (χ0v) is 12.8. The number of carbonyl (C=O) groups is 2. The summed E-state index contributed by atoms with van der Waals surface area (Å²) in [6.45, 7) is -1.17. The van der Waals surface area contributed by atoms with Gasteiger partial charge in [-0.1, -0.05) is 30.3 Å². The number of nitrogens with one attached hydrogen (secondary N) is 1. The second-order valence-electron chi connectivity index (χ2n) is 5.84. The SMILES string of the molecule is O=C(O)[C@@H]1CN(C(=O)c2cc(-c3ccccc3)n[nH]2)C[C@H]1C(F)(F)F. The minimum Gasteiger partial charge on any atom is -0.481 e. The lowest BCUT2D eigenvalue weighted by Gasteiger charge is -2.18. The molecule has 2 N–H and O–H groups in total. The van der Waals surface area contributed by atoms with Gasteiger partial charge in [-0.05, 0) is 6.07 Å². The van der Waals surface area contributed by atoms with E-state index in [1.54, 1.807) is 24.3 Å². The maximum atomic E-state index is 13.0. The van der Waals surface area contributed by atoms with Crippen LogP contribution in [0, 0.1) is 11.8 Å². The second-order valence-corrected chi connectivity index (χ2v) is 5.84. The Hall–Kier alpha value is -2.84. The molecule has 6 nitrogen and oxygen atoms in total.